The third-order valence-electron chi connectivity index (χ3n) is 3.69. The highest BCUT2D eigenvalue weighted by molar-refractivity contribution is 5.11. The molecule has 0 spiro atoms. The molecule has 2 rings (SSSR count). The molecule has 0 aliphatic carbocycles. The van der Waals surface area contributed by atoms with Crippen molar-refractivity contribution < 1.29 is 17.9 Å². The van der Waals surface area contributed by atoms with Crippen LogP contribution >= 0.6 is 0 Å². The van der Waals surface area contributed by atoms with Gasteiger partial charge >= 0.3 is 6.18 Å². The monoisotopic (exact) mass is 292 g/mol. The molecule has 2 unspecified atom stereocenters. The highest BCUT2D eigenvalue weighted by atomic mass is 19.4. The lowest BCUT2D eigenvalue weighted by Crippen LogP contribution is -2.48. The van der Waals surface area contributed by atoms with E-state index in [-0.39, 0.29) is 12.1 Å². The Hall–Kier alpha value is -1.12. The van der Waals surface area contributed by atoms with Gasteiger partial charge in [-0.25, -0.2) is 0 Å². The fourth-order valence-electron chi connectivity index (χ4n) is 2.54. The second-order valence-electron chi connectivity index (χ2n) is 5.02. The van der Waals surface area contributed by atoms with Gasteiger partial charge in [0.15, 0.2) is 5.69 Å². The lowest BCUT2D eigenvalue weighted by Gasteiger charge is -2.38. The number of nitrogens with one attached hydrogen (secondary N) is 1. The number of methoxy groups -OCH3 is 1. The van der Waals surface area contributed by atoms with Gasteiger partial charge in [0.05, 0.1) is 6.10 Å². The molecule has 0 bridgehead atoms. The Balaban J connectivity index is 2.00. The minimum atomic E-state index is -4.41. The average molecular weight is 292 g/mol. The standard InChI is InChI=1S/C12H19F3N4O/c1-20-10-2-3-19(9(5-10)6-16)7-8-4-11(18-17-8)12(13,14)15/h4,9-10H,2-3,5-7,16H2,1H3,(H,17,18). The van der Waals surface area contributed by atoms with Crippen LogP contribution in [-0.2, 0) is 17.5 Å². The molecule has 0 radical (unpaired) electrons. The van der Waals surface area contributed by atoms with Crippen molar-refractivity contribution in [1.29, 1.82) is 0 Å². The maximum atomic E-state index is 12.5. The fraction of sp³-hybridized carbons (Fsp3) is 0.750. The Kier molecular flexibility index (Phi) is 4.66. The number of aromatic nitrogens is 2. The summed E-state index contributed by atoms with van der Waals surface area (Å²) in [6, 6.07) is 1.17. The molecule has 8 heteroatoms. The van der Waals surface area contributed by atoms with Crippen LogP contribution in [0.2, 0.25) is 0 Å². The number of ether oxygens (including phenoxy) is 1. The number of aromatic amines is 1. The lowest BCUT2D eigenvalue weighted by molar-refractivity contribution is -0.141. The number of piperidine rings is 1. The third kappa shape index (κ3) is 3.50. The molecule has 1 fully saturated rings. The van der Waals surface area contributed by atoms with E-state index in [0.29, 0.717) is 18.8 Å². The second-order valence-corrected chi connectivity index (χ2v) is 5.02. The maximum Gasteiger partial charge on any atom is 0.435 e. The zero-order chi connectivity index (χ0) is 14.8. The molecule has 0 aromatic carbocycles. The van der Waals surface area contributed by atoms with E-state index in [2.05, 4.69) is 15.1 Å². The van der Waals surface area contributed by atoms with Gasteiger partial charge in [0.25, 0.3) is 0 Å². The van der Waals surface area contributed by atoms with Crippen molar-refractivity contribution >= 4 is 0 Å². The van der Waals surface area contributed by atoms with E-state index in [4.69, 9.17) is 10.5 Å². The average Bonchev–Trinajstić information content (AvgIpc) is 2.87. The molecule has 114 valence electrons. The van der Waals surface area contributed by atoms with Crippen LogP contribution in [0, 0.1) is 0 Å². The highest BCUT2D eigenvalue weighted by Crippen LogP contribution is 2.28. The van der Waals surface area contributed by atoms with Crippen molar-refractivity contribution in [2.24, 2.45) is 5.73 Å². The van der Waals surface area contributed by atoms with Gasteiger partial charge in [-0.3, -0.25) is 10.00 Å². The fourth-order valence-corrected chi connectivity index (χ4v) is 2.54. The Bertz CT molecular complexity index is 435. The van der Waals surface area contributed by atoms with Crippen LogP contribution in [0.4, 0.5) is 13.2 Å². The van der Waals surface area contributed by atoms with Crippen LogP contribution < -0.4 is 5.73 Å². The van der Waals surface area contributed by atoms with Crippen molar-refractivity contribution in [1.82, 2.24) is 15.1 Å². The number of nitrogens with zero attached hydrogens (tertiary/aromatic N) is 2. The van der Waals surface area contributed by atoms with Crippen molar-refractivity contribution in [3.63, 3.8) is 0 Å². The Labute approximate surface area is 115 Å². The summed E-state index contributed by atoms with van der Waals surface area (Å²) in [4.78, 5) is 2.07. The quantitative estimate of drug-likeness (QED) is 0.879. The van der Waals surface area contributed by atoms with E-state index in [9.17, 15) is 13.2 Å². The first kappa shape index (κ1) is 15.3. The molecule has 0 amide bonds. The van der Waals surface area contributed by atoms with Crippen molar-refractivity contribution in [2.75, 3.05) is 20.2 Å². The van der Waals surface area contributed by atoms with Crippen LogP contribution in [0.1, 0.15) is 24.2 Å². The summed E-state index contributed by atoms with van der Waals surface area (Å²) in [5.74, 6) is 0. The molecule has 1 aromatic heterocycles. The molecule has 3 N–H and O–H groups in total. The number of hydrogen-bond donors (Lipinski definition) is 2. The maximum absolute atomic E-state index is 12.5. The molecular weight excluding hydrogens is 273 g/mol. The minimum Gasteiger partial charge on any atom is -0.381 e. The number of halogens is 3. The first-order chi connectivity index (χ1) is 9.44. The lowest BCUT2D eigenvalue weighted by atomic mass is 9.99. The topological polar surface area (TPSA) is 67.2 Å². The minimum absolute atomic E-state index is 0.117. The summed E-state index contributed by atoms with van der Waals surface area (Å²) < 4.78 is 42.8. The molecule has 1 aliphatic rings. The zero-order valence-corrected chi connectivity index (χ0v) is 11.3. The summed E-state index contributed by atoms with van der Waals surface area (Å²) >= 11 is 0. The first-order valence-corrected chi connectivity index (χ1v) is 6.52. The number of rotatable bonds is 4. The van der Waals surface area contributed by atoms with E-state index in [0.717, 1.165) is 25.5 Å². The number of H-pyrrole nitrogens is 1. The summed E-state index contributed by atoms with van der Waals surface area (Å²) in [6.07, 6.45) is -2.58. The van der Waals surface area contributed by atoms with Crippen LogP contribution in [0.3, 0.4) is 0 Å². The molecule has 1 aliphatic heterocycles. The van der Waals surface area contributed by atoms with Gasteiger partial charge in [0, 0.05) is 38.5 Å². The molecule has 5 nitrogen and oxygen atoms in total. The van der Waals surface area contributed by atoms with Crippen LogP contribution in [-0.4, -0.2) is 47.4 Å². The van der Waals surface area contributed by atoms with Crippen molar-refractivity contribution in [3.05, 3.63) is 17.5 Å². The molecule has 1 saturated heterocycles. The molecule has 0 saturated carbocycles. The number of likely N-dealkylation sites (tertiary alicyclic amines) is 1. The Morgan fingerprint density at radius 3 is 2.85 bits per heavy atom. The number of hydrogen-bond acceptors (Lipinski definition) is 4. The number of nitrogens with two attached hydrogens (primary N) is 1. The van der Waals surface area contributed by atoms with E-state index >= 15 is 0 Å². The Morgan fingerprint density at radius 2 is 2.30 bits per heavy atom. The second kappa shape index (κ2) is 6.11. The summed E-state index contributed by atoms with van der Waals surface area (Å²) in [5.41, 5.74) is 5.30. The smallest absolute Gasteiger partial charge is 0.381 e. The van der Waals surface area contributed by atoms with E-state index in [1.165, 1.54) is 0 Å². The van der Waals surface area contributed by atoms with Gasteiger partial charge < -0.3 is 10.5 Å². The van der Waals surface area contributed by atoms with Crippen molar-refractivity contribution in [2.45, 2.75) is 37.7 Å². The summed E-state index contributed by atoms with van der Waals surface area (Å²) in [6.45, 7) is 1.60. The Morgan fingerprint density at radius 1 is 1.55 bits per heavy atom. The molecule has 2 heterocycles. The highest BCUT2D eigenvalue weighted by Gasteiger charge is 2.34. The predicted molar refractivity (Wildman–Crippen MR) is 66.9 cm³/mol. The summed E-state index contributed by atoms with van der Waals surface area (Å²) in [5, 5.41) is 5.75. The normalized spacial score (nSPS) is 25.1. The van der Waals surface area contributed by atoms with E-state index in [1.54, 1.807) is 7.11 Å². The van der Waals surface area contributed by atoms with Gasteiger partial charge in [-0.1, -0.05) is 0 Å². The van der Waals surface area contributed by atoms with E-state index in [1.807, 2.05) is 0 Å². The molecule has 20 heavy (non-hydrogen) atoms. The van der Waals surface area contributed by atoms with Gasteiger partial charge in [0.1, 0.15) is 0 Å². The van der Waals surface area contributed by atoms with Gasteiger partial charge in [-0.05, 0) is 18.9 Å². The van der Waals surface area contributed by atoms with Gasteiger partial charge in [-0.2, -0.15) is 18.3 Å². The number of alkyl halides is 3. The zero-order valence-electron chi connectivity index (χ0n) is 11.3. The van der Waals surface area contributed by atoms with Crippen LogP contribution in [0.25, 0.3) is 0 Å². The first-order valence-electron chi connectivity index (χ1n) is 6.52. The third-order valence-corrected chi connectivity index (χ3v) is 3.69. The molecule has 1 aromatic rings. The van der Waals surface area contributed by atoms with E-state index < -0.39 is 11.9 Å². The largest absolute Gasteiger partial charge is 0.435 e. The molecule has 2 atom stereocenters. The van der Waals surface area contributed by atoms with Gasteiger partial charge in [-0.15, -0.1) is 0 Å². The van der Waals surface area contributed by atoms with Gasteiger partial charge in [0.2, 0.25) is 0 Å². The predicted octanol–water partition coefficient (Wildman–Crippen LogP) is 1.37. The SMILES string of the molecule is COC1CCN(Cc2cc(C(F)(F)F)n[nH]2)C(CN)C1. The van der Waals surface area contributed by atoms with Crippen LogP contribution in [0.5, 0.6) is 0 Å². The van der Waals surface area contributed by atoms with Crippen LogP contribution in [0.15, 0.2) is 6.07 Å². The van der Waals surface area contributed by atoms with Crippen molar-refractivity contribution in [3.8, 4) is 0 Å². The molecular formula is C12H19F3N4O. The summed E-state index contributed by atoms with van der Waals surface area (Å²) in [7, 11) is 1.67.